The quantitative estimate of drug-likeness (QED) is 0.104. The van der Waals surface area contributed by atoms with Crippen molar-refractivity contribution < 1.29 is 0 Å². The molecule has 18 heteroatoms. The van der Waals surface area contributed by atoms with Crippen LogP contribution in [-0.4, -0.2) is 58.6 Å². The van der Waals surface area contributed by atoms with E-state index >= 15 is 0 Å². The molecule has 0 aliphatic heterocycles. The first-order valence-corrected chi connectivity index (χ1v) is 51.4. The molecule has 12 nitrogen and oxygen atoms in total. The van der Waals surface area contributed by atoms with Gasteiger partial charge >= 0.3 is 0 Å². The summed E-state index contributed by atoms with van der Waals surface area (Å²) in [5.74, 6) is 5.95. The maximum absolute atomic E-state index is 4.93. The minimum atomic E-state index is 0.654. The lowest BCUT2D eigenvalue weighted by Gasteiger charge is -2.10. The standard InChI is InChI=1S/2C43H26N4S2.C37H22N4S2/c1-4-12-28(13-5-1)40-44-41(29-14-6-2-7-15-29)46-42(45-40)30-22-20-27(21-23-30)31-24-25-35-34(26-31)37-39-38(33-18-10-11-19-36(33)48-39)49-43(37)47(35)32-16-8-3-9-17-32;1-4-12-28(13-5-1)40-44-41(29-14-6-2-7-15-29)46-42(45-40)30-22-20-27(21-23-30)31-24-25-36-34(26-31)38-39(48-36)37-33-18-10-11-19-35(33)47(43(37)49-38)32-16-8-3-9-17-32;1-3-11-23(12-4-1)34-38-35(24-13-5-2-6-14-24)40-36(39-34)25-19-21-26(22-20-25)41-29-17-9-7-15-27(29)31-33-32(43-37(31)41)28-16-8-10-18-30(28)42-33/h2*1-26H;1-22H. The predicted octanol–water partition coefficient (Wildman–Crippen LogP) is 34.5. The molecule has 0 spiro atoms. The predicted molar refractivity (Wildman–Crippen MR) is 595 cm³/mol. The number of rotatable bonds is 14. The maximum Gasteiger partial charge on any atom is 0.164 e. The Kier molecular flexibility index (Phi) is 20.8. The number of hydrogen-bond acceptors (Lipinski definition) is 15. The zero-order chi connectivity index (χ0) is 93.0. The smallest absolute Gasteiger partial charge is 0.164 e. The molecule has 0 aliphatic carbocycles. The van der Waals surface area contributed by atoms with E-state index in [-0.39, 0.29) is 0 Å². The fourth-order valence-electron chi connectivity index (χ4n) is 19.3. The molecular weight excluding hydrogens is 1840 g/mol. The Morgan fingerprint density at radius 1 is 0.142 bits per heavy atom. The molecule has 12 aromatic heterocycles. The zero-order valence-corrected chi connectivity index (χ0v) is 79.9. The Bertz CT molecular complexity index is 9650. The van der Waals surface area contributed by atoms with Crippen molar-refractivity contribution in [2.45, 2.75) is 0 Å². The van der Waals surface area contributed by atoms with E-state index in [4.69, 9.17) is 44.9 Å². The largest absolute Gasteiger partial charge is 0.301 e. The van der Waals surface area contributed by atoms with Crippen LogP contribution in [0, 0.1) is 0 Å². The van der Waals surface area contributed by atoms with E-state index in [1.807, 2.05) is 250 Å². The van der Waals surface area contributed by atoms with E-state index < -0.39 is 0 Å². The van der Waals surface area contributed by atoms with Gasteiger partial charge in [0.2, 0.25) is 0 Å². The topological polar surface area (TPSA) is 131 Å². The van der Waals surface area contributed by atoms with E-state index in [0.29, 0.717) is 52.4 Å². The Morgan fingerprint density at radius 3 is 0.695 bits per heavy atom. The van der Waals surface area contributed by atoms with Crippen LogP contribution in [0.2, 0.25) is 0 Å². The molecule has 0 saturated heterocycles. The van der Waals surface area contributed by atoms with Crippen molar-refractivity contribution in [3.63, 3.8) is 0 Å². The SMILES string of the molecule is c1ccc(-c2nc(-c3ccccc3)nc(-c3ccc(-c4ccc5c(c4)c4c6sc7ccccc7c6sc4n5-c4ccccc4)cc3)n2)cc1.c1ccc(-c2nc(-c3ccccc3)nc(-c3ccc(-c4ccc5sc6c(sc7c6c6ccccc6n7-c6ccccc6)c5c4)cc3)n2)cc1.c1ccc(-c2nc(-c3ccccc3)nc(-c3ccc(-n4c5ccccc5c5c6sc7ccccc7c6sc54)cc3)n2)cc1. The summed E-state index contributed by atoms with van der Waals surface area (Å²) in [6.45, 7) is 0. The highest BCUT2D eigenvalue weighted by Crippen LogP contribution is 2.54. The van der Waals surface area contributed by atoms with Crippen LogP contribution in [0.4, 0.5) is 0 Å². The van der Waals surface area contributed by atoms with Gasteiger partial charge in [-0.05, 0) is 119 Å². The maximum atomic E-state index is 4.93. The lowest BCUT2D eigenvalue weighted by molar-refractivity contribution is 1.07. The van der Waals surface area contributed by atoms with Gasteiger partial charge in [-0.1, -0.05) is 352 Å². The minimum Gasteiger partial charge on any atom is -0.301 e. The molecule has 0 radical (unpaired) electrons. The lowest BCUT2D eigenvalue weighted by atomic mass is 10.0. The monoisotopic (exact) mass is 1910 g/mol. The van der Waals surface area contributed by atoms with Crippen LogP contribution in [0.3, 0.4) is 0 Å². The summed E-state index contributed by atoms with van der Waals surface area (Å²) < 4.78 is 19.4. The Balaban J connectivity index is 0.000000106. The first-order chi connectivity index (χ1) is 69.9. The highest BCUT2D eigenvalue weighted by atomic mass is 32.1. The molecule has 29 rings (SSSR count). The number of thiophene rings is 6. The van der Waals surface area contributed by atoms with Crippen molar-refractivity contribution in [3.8, 4) is 142 Å². The van der Waals surface area contributed by atoms with Gasteiger partial charge in [0.1, 0.15) is 14.5 Å². The number of benzene rings is 17. The second-order valence-corrected chi connectivity index (χ2v) is 40.7. The summed E-state index contributed by atoms with van der Waals surface area (Å²) in [6, 6.07) is 157. The van der Waals surface area contributed by atoms with Gasteiger partial charge in [0.05, 0.1) is 44.7 Å². The van der Waals surface area contributed by atoms with Gasteiger partial charge in [-0.3, -0.25) is 0 Å². The number of nitrogens with zero attached hydrogens (tertiary/aromatic N) is 12. The van der Waals surface area contributed by atoms with Crippen LogP contribution in [0.25, 0.3) is 264 Å². The highest BCUT2D eigenvalue weighted by Gasteiger charge is 2.27. The summed E-state index contributed by atoms with van der Waals surface area (Å²) in [4.78, 5) is 47.9. The van der Waals surface area contributed by atoms with E-state index in [0.717, 1.165) is 66.9 Å². The molecule has 662 valence electrons. The second-order valence-electron chi connectivity index (χ2n) is 34.6. The van der Waals surface area contributed by atoms with E-state index in [9.17, 15) is 0 Å². The molecule has 141 heavy (non-hydrogen) atoms. The van der Waals surface area contributed by atoms with Crippen molar-refractivity contribution >= 4 is 190 Å². The third-order valence-electron chi connectivity index (χ3n) is 26.1. The Morgan fingerprint density at radius 2 is 0.362 bits per heavy atom. The van der Waals surface area contributed by atoms with Crippen molar-refractivity contribution in [1.82, 2.24) is 58.6 Å². The molecule has 12 heterocycles. The normalized spacial score (nSPS) is 11.7. The average Bonchev–Trinajstić information content (AvgIpc) is 1.55. The fraction of sp³-hybridized carbons (Fsp3) is 0. The molecular formula is C123H74N12S6. The molecule has 0 bridgehead atoms. The van der Waals surface area contributed by atoms with E-state index in [1.54, 1.807) is 0 Å². The van der Waals surface area contributed by atoms with Gasteiger partial charge in [-0.25, -0.2) is 44.9 Å². The van der Waals surface area contributed by atoms with Crippen LogP contribution in [0.5, 0.6) is 0 Å². The van der Waals surface area contributed by atoms with Crippen LogP contribution in [-0.2, 0) is 0 Å². The van der Waals surface area contributed by atoms with Gasteiger partial charge in [-0.2, -0.15) is 0 Å². The summed E-state index contributed by atoms with van der Waals surface area (Å²) in [5.41, 5.74) is 20.5. The number of hydrogen-bond donors (Lipinski definition) is 0. The second kappa shape index (κ2) is 35.2. The van der Waals surface area contributed by atoms with Crippen molar-refractivity contribution in [3.05, 3.63) is 449 Å². The molecule has 0 N–H and O–H groups in total. The first kappa shape index (κ1) is 83.3. The molecule has 0 atom stereocenters. The summed E-state index contributed by atoms with van der Waals surface area (Å²) in [6.07, 6.45) is 0. The van der Waals surface area contributed by atoms with Crippen LogP contribution in [0.1, 0.15) is 0 Å². The van der Waals surface area contributed by atoms with Crippen LogP contribution >= 0.6 is 68.0 Å². The molecule has 29 aromatic rings. The number of fused-ring (bicyclic) bond motifs is 21. The van der Waals surface area contributed by atoms with Gasteiger partial charge in [0.25, 0.3) is 0 Å². The average molecular weight is 1910 g/mol. The Hall–Kier alpha value is -17.1. The molecule has 0 unspecified atom stereocenters. The highest BCUT2D eigenvalue weighted by molar-refractivity contribution is 7.38. The first-order valence-electron chi connectivity index (χ1n) is 46.5. The van der Waals surface area contributed by atoms with Gasteiger partial charge in [-0.15, -0.1) is 68.0 Å². The van der Waals surface area contributed by atoms with Gasteiger partial charge in [0.15, 0.2) is 52.4 Å². The van der Waals surface area contributed by atoms with Crippen molar-refractivity contribution in [1.29, 1.82) is 0 Å². The van der Waals surface area contributed by atoms with Crippen LogP contribution in [0.15, 0.2) is 449 Å². The van der Waals surface area contributed by atoms with Gasteiger partial charge < -0.3 is 13.7 Å². The summed E-state index contributed by atoms with van der Waals surface area (Å²) >= 11 is 11.4. The van der Waals surface area contributed by atoms with E-state index in [2.05, 4.69) is 281 Å². The van der Waals surface area contributed by atoms with Crippen molar-refractivity contribution in [2.24, 2.45) is 0 Å². The van der Waals surface area contributed by atoms with Crippen LogP contribution < -0.4 is 0 Å². The molecule has 0 amide bonds. The third-order valence-corrected chi connectivity index (χ3v) is 33.6. The summed E-state index contributed by atoms with van der Waals surface area (Å²) in [5, 5.41) is 11.9. The Labute approximate surface area is 832 Å². The lowest BCUT2D eigenvalue weighted by Crippen LogP contribution is -2.00. The molecule has 0 fully saturated rings. The zero-order valence-electron chi connectivity index (χ0n) is 75.0. The number of para-hydroxylation sites is 4. The summed E-state index contributed by atoms with van der Waals surface area (Å²) in [7, 11) is 0. The molecule has 17 aromatic carbocycles. The van der Waals surface area contributed by atoms with Crippen molar-refractivity contribution in [2.75, 3.05) is 0 Å². The molecule has 0 saturated carbocycles. The van der Waals surface area contributed by atoms with E-state index in [1.165, 1.54) is 144 Å². The van der Waals surface area contributed by atoms with Gasteiger partial charge in [0, 0.05) is 130 Å². The fourth-order valence-corrected chi connectivity index (χ4v) is 27.8. The molecule has 0 aliphatic rings. The minimum absolute atomic E-state index is 0.654. The number of aromatic nitrogens is 12. The third kappa shape index (κ3) is 14.9.